The molecule has 126 valence electrons. The Bertz CT molecular complexity index is 406. The number of aliphatic carboxylic acids is 1. The summed E-state index contributed by atoms with van der Waals surface area (Å²) < 4.78 is 0. The van der Waals surface area contributed by atoms with E-state index in [4.69, 9.17) is 10.2 Å². The molecule has 10 heteroatoms. The van der Waals surface area contributed by atoms with E-state index in [1.807, 2.05) is 6.26 Å². The van der Waals surface area contributed by atoms with Gasteiger partial charge in [0.05, 0.1) is 6.61 Å². The molecule has 0 spiro atoms. The number of thioether (sulfide) groups is 1. The zero-order valence-electron chi connectivity index (χ0n) is 12.4. The fourth-order valence-corrected chi connectivity index (χ4v) is 1.94. The van der Waals surface area contributed by atoms with Gasteiger partial charge in [-0.25, -0.2) is 4.79 Å². The smallest absolute Gasteiger partial charge is 0.328 e. The number of hydrogen-bond donors (Lipinski definition) is 5. The second kappa shape index (κ2) is 10.9. The van der Waals surface area contributed by atoms with Crippen molar-refractivity contribution >= 4 is 36.0 Å². The maximum Gasteiger partial charge on any atom is 0.328 e. The molecule has 0 bridgehead atoms. The normalized spacial score (nSPS) is 14.3. The molecule has 0 aromatic heterocycles. The van der Waals surface area contributed by atoms with Gasteiger partial charge in [-0.15, -0.1) is 0 Å². The third-order valence-electron chi connectivity index (χ3n) is 2.75. The minimum absolute atomic E-state index is 0.397. The van der Waals surface area contributed by atoms with Gasteiger partial charge in [0.2, 0.25) is 18.2 Å². The lowest BCUT2D eigenvalue weighted by Gasteiger charge is -2.20. The lowest BCUT2D eigenvalue weighted by Crippen LogP contribution is -2.54. The van der Waals surface area contributed by atoms with Crippen LogP contribution in [-0.2, 0) is 19.2 Å². The molecule has 3 atom stereocenters. The minimum atomic E-state index is -1.44. The van der Waals surface area contributed by atoms with E-state index in [2.05, 4.69) is 16.0 Å². The lowest BCUT2D eigenvalue weighted by molar-refractivity contribution is -0.143. The molecule has 0 aliphatic rings. The molecule has 3 amide bonds. The predicted molar refractivity (Wildman–Crippen MR) is 80.2 cm³/mol. The standard InChI is InChI=1S/C12H21N3O6S/c1-7(10(18)15-9(5-16)12(20)21)14-11(19)8(13-6-17)3-4-22-2/h6-9,16H,3-5H2,1-2H3,(H,13,17)(H,14,19)(H,15,18)(H,20,21). The summed E-state index contributed by atoms with van der Waals surface area (Å²) in [4.78, 5) is 44.9. The van der Waals surface area contributed by atoms with E-state index >= 15 is 0 Å². The molecule has 22 heavy (non-hydrogen) atoms. The Labute approximate surface area is 132 Å². The Morgan fingerprint density at radius 1 is 1.18 bits per heavy atom. The highest BCUT2D eigenvalue weighted by Crippen LogP contribution is 2.01. The number of nitrogens with one attached hydrogen (secondary N) is 3. The van der Waals surface area contributed by atoms with Gasteiger partial charge in [0, 0.05) is 0 Å². The van der Waals surface area contributed by atoms with E-state index in [1.54, 1.807) is 0 Å². The first-order chi connectivity index (χ1) is 10.4. The van der Waals surface area contributed by atoms with Gasteiger partial charge >= 0.3 is 5.97 Å². The molecular formula is C12H21N3O6S. The quantitative estimate of drug-likeness (QED) is 0.272. The van der Waals surface area contributed by atoms with Crippen molar-refractivity contribution in [3.05, 3.63) is 0 Å². The van der Waals surface area contributed by atoms with Crippen molar-refractivity contribution in [1.29, 1.82) is 0 Å². The third-order valence-corrected chi connectivity index (χ3v) is 3.39. The average molecular weight is 335 g/mol. The summed E-state index contributed by atoms with van der Waals surface area (Å²) in [5.74, 6) is -2.02. The second-order valence-electron chi connectivity index (χ2n) is 4.43. The van der Waals surface area contributed by atoms with Gasteiger partial charge in [0.15, 0.2) is 0 Å². The zero-order chi connectivity index (χ0) is 17.1. The first-order valence-corrected chi connectivity index (χ1v) is 7.89. The average Bonchev–Trinajstić information content (AvgIpc) is 2.47. The van der Waals surface area contributed by atoms with Crippen LogP contribution in [0.4, 0.5) is 0 Å². The molecule has 0 saturated carbocycles. The Balaban J connectivity index is 4.55. The van der Waals surface area contributed by atoms with Gasteiger partial charge < -0.3 is 26.2 Å². The van der Waals surface area contributed by atoms with Gasteiger partial charge in [-0.05, 0) is 25.4 Å². The number of aliphatic hydroxyl groups is 1. The summed E-state index contributed by atoms with van der Waals surface area (Å²) >= 11 is 1.50. The van der Waals surface area contributed by atoms with Crippen LogP contribution in [0, 0.1) is 0 Å². The topological polar surface area (TPSA) is 145 Å². The molecule has 0 aromatic carbocycles. The summed E-state index contributed by atoms with van der Waals surface area (Å²) in [7, 11) is 0. The minimum Gasteiger partial charge on any atom is -0.480 e. The number of carboxylic acid groups (broad SMARTS) is 1. The van der Waals surface area contributed by atoms with Crippen LogP contribution >= 0.6 is 11.8 Å². The Morgan fingerprint density at radius 3 is 2.27 bits per heavy atom. The number of carbonyl (C=O) groups is 4. The van der Waals surface area contributed by atoms with E-state index in [1.165, 1.54) is 18.7 Å². The van der Waals surface area contributed by atoms with Crippen molar-refractivity contribution in [2.45, 2.75) is 31.5 Å². The van der Waals surface area contributed by atoms with Crippen LogP contribution in [0.3, 0.4) is 0 Å². The van der Waals surface area contributed by atoms with Crippen molar-refractivity contribution in [1.82, 2.24) is 16.0 Å². The molecule has 9 nitrogen and oxygen atoms in total. The number of carbonyl (C=O) groups excluding carboxylic acids is 3. The summed E-state index contributed by atoms with van der Waals surface area (Å²) in [5, 5.41) is 24.4. The van der Waals surface area contributed by atoms with Crippen LogP contribution in [-0.4, -0.2) is 71.1 Å². The van der Waals surface area contributed by atoms with Gasteiger partial charge in [-0.2, -0.15) is 11.8 Å². The van der Waals surface area contributed by atoms with Crippen LogP contribution in [0.5, 0.6) is 0 Å². The van der Waals surface area contributed by atoms with E-state index in [9.17, 15) is 19.2 Å². The maximum atomic E-state index is 12.0. The number of aliphatic hydroxyl groups excluding tert-OH is 1. The van der Waals surface area contributed by atoms with Gasteiger partial charge in [0.1, 0.15) is 18.1 Å². The monoisotopic (exact) mass is 335 g/mol. The Morgan fingerprint density at radius 2 is 1.82 bits per heavy atom. The SMILES string of the molecule is CSCCC(NC=O)C(=O)NC(C)C(=O)NC(CO)C(=O)O. The summed E-state index contributed by atoms with van der Waals surface area (Å²) in [6.07, 6.45) is 2.66. The van der Waals surface area contributed by atoms with Gasteiger partial charge in [-0.1, -0.05) is 0 Å². The van der Waals surface area contributed by atoms with Gasteiger partial charge in [-0.3, -0.25) is 14.4 Å². The van der Waals surface area contributed by atoms with Crippen molar-refractivity contribution in [2.24, 2.45) is 0 Å². The summed E-state index contributed by atoms with van der Waals surface area (Å²) in [6.45, 7) is 0.612. The predicted octanol–water partition coefficient (Wildman–Crippen LogP) is -2.08. The number of hydrogen-bond acceptors (Lipinski definition) is 6. The molecule has 0 fully saturated rings. The lowest BCUT2D eigenvalue weighted by atomic mass is 10.2. The first kappa shape index (κ1) is 20.2. The highest BCUT2D eigenvalue weighted by Gasteiger charge is 2.25. The van der Waals surface area contributed by atoms with Crippen LogP contribution < -0.4 is 16.0 Å². The fourth-order valence-electron chi connectivity index (χ4n) is 1.47. The first-order valence-electron chi connectivity index (χ1n) is 6.50. The zero-order valence-corrected chi connectivity index (χ0v) is 13.2. The molecule has 0 aliphatic carbocycles. The molecule has 0 rings (SSSR count). The maximum absolute atomic E-state index is 12.0. The molecule has 0 radical (unpaired) electrons. The third kappa shape index (κ3) is 7.27. The highest BCUT2D eigenvalue weighted by molar-refractivity contribution is 7.98. The summed E-state index contributed by atoms with van der Waals surface area (Å²) in [6, 6.07) is -3.22. The van der Waals surface area contributed by atoms with Crippen molar-refractivity contribution in [2.75, 3.05) is 18.6 Å². The van der Waals surface area contributed by atoms with Crippen molar-refractivity contribution in [3.8, 4) is 0 Å². The van der Waals surface area contributed by atoms with Crippen LogP contribution in [0.1, 0.15) is 13.3 Å². The fraction of sp³-hybridized carbons (Fsp3) is 0.667. The summed E-state index contributed by atoms with van der Waals surface area (Å²) in [5.41, 5.74) is 0. The van der Waals surface area contributed by atoms with Crippen LogP contribution in [0.2, 0.25) is 0 Å². The van der Waals surface area contributed by atoms with Crippen LogP contribution in [0.15, 0.2) is 0 Å². The van der Waals surface area contributed by atoms with E-state index in [0.29, 0.717) is 18.6 Å². The van der Waals surface area contributed by atoms with Crippen molar-refractivity contribution < 1.29 is 29.4 Å². The van der Waals surface area contributed by atoms with Crippen molar-refractivity contribution in [3.63, 3.8) is 0 Å². The number of rotatable bonds is 11. The van der Waals surface area contributed by atoms with Gasteiger partial charge in [0.25, 0.3) is 0 Å². The molecule has 0 aliphatic heterocycles. The second-order valence-corrected chi connectivity index (χ2v) is 5.42. The van der Waals surface area contributed by atoms with E-state index in [-0.39, 0.29) is 0 Å². The molecule has 0 aromatic rings. The molecule has 0 saturated heterocycles. The Hall–Kier alpha value is -1.81. The molecule has 3 unspecified atom stereocenters. The molecular weight excluding hydrogens is 314 g/mol. The van der Waals surface area contributed by atoms with Crippen LogP contribution in [0.25, 0.3) is 0 Å². The molecule has 5 N–H and O–H groups in total. The number of amides is 3. The van der Waals surface area contributed by atoms with E-state index in [0.717, 1.165) is 0 Å². The van der Waals surface area contributed by atoms with E-state index < -0.39 is 42.5 Å². The number of carboxylic acids is 1. The Kier molecular flexibility index (Phi) is 9.96. The highest BCUT2D eigenvalue weighted by atomic mass is 32.2. The molecule has 0 heterocycles. The largest absolute Gasteiger partial charge is 0.480 e.